The highest BCUT2D eigenvalue weighted by Gasteiger charge is 2.19. The molecule has 0 aromatic heterocycles. The molecule has 1 rings (SSSR count). The maximum atomic E-state index is 12.7. The van der Waals surface area contributed by atoms with Crippen LogP contribution in [0.5, 0.6) is 0 Å². The van der Waals surface area contributed by atoms with Crippen LogP contribution >= 0.6 is 0 Å². The fourth-order valence-corrected chi connectivity index (χ4v) is 1.39. The lowest BCUT2D eigenvalue weighted by molar-refractivity contribution is -0.143. The number of carbonyl (C=O) groups excluding carboxylic acids is 2. The molecule has 0 aliphatic carbocycles. The van der Waals surface area contributed by atoms with E-state index in [2.05, 4.69) is 5.32 Å². The molecule has 18 heavy (non-hydrogen) atoms. The van der Waals surface area contributed by atoms with Crippen LogP contribution < -0.4 is 5.32 Å². The van der Waals surface area contributed by atoms with Crippen LogP contribution in [0.3, 0.4) is 0 Å². The van der Waals surface area contributed by atoms with Crippen molar-refractivity contribution in [1.29, 1.82) is 0 Å². The third-order valence-corrected chi connectivity index (χ3v) is 2.34. The van der Waals surface area contributed by atoms with Gasteiger partial charge in [0.2, 0.25) is 0 Å². The number of rotatable bonds is 4. The van der Waals surface area contributed by atoms with Gasteiger partial charge in [0.1, 0.15) is 5.82 Å². The number of aliphatic hydroxyl groups excluding tert-OH is 1. The van der Waals surface area contributed by atoms with Gasteiger partial charge in [-0.2, -0.15) is 0 Å². The maximum Gasteiger partial charge on any atom is 0.313 e. The summed E-state index contributed by atoms with van der Waals surface area (Å²) in [6.45, 7) is 1.94. The number of carbonyl (C=O) groups is 2. The van der Waals surface area contributed by atoms with E-state index >= 15 is 0 Å². The first kappa shape index (κ1) is 14.1. The molecule has 0 fully saturated rings. The van der Waals surface area contributed by atoms with Crippen LogP contribution in [0.2, 0.25) is 0 Å². The van der Waals surface area contributed by atoms with E-state index < -0.39 is 17.6 Å². The fourth-order valence-electron chi connectivity index (χ4n) is 1.39. The Morgan fingerprint density at radius 3 is 2.44 bits per heavy atom. The fraction of sp³-hybridized carbons (Fsp3) is 0.333. The molecule has 98 valence electrons. The zero-order valence-corrected chi connectivity index (χ0v) is 10.0. The minimum Gasteiger partial charge on any atom is -0.395 e. The van der Waals surface area contributed by atoms with Gasteiger partial charge >= 0.3 is 11.8 Å². The Labute approximate surface area is 104 Å². The lowest BCUT2D eigenvalue weighted by atomic mass is 10.3. The zero-order valence-electron chi connectivity index (χ0n) is 10.0. The van der Waals surface area contributed by atoms with Crippen molar-refractivity contribution >= 4 is 17.5 Å². The molecule has 2 amide bonds. The highest BCUT2D eigenvalue weighted by atomic mass is 19.1. The smallest absolute Gasteiger partial charge is 0.313 e. The summed E-state index contributed by atoms with van der Waals surface area (Å²) in [6, 6.07) is 5.10. The van der Waals surface area contributed by atoms with Gasteiger partial charge in [-0.25, -0.2) is 4.39 Å². The van der Waals surface area contributed by atoms with Crippen molar-refractivity contribution in [2.24, 2.45) is 0 Å². The average Bonchev–Trinajstić information content (AvgIpc) is 2.37. The van der Waals surface area contributed by atoms with Gasteiger partial charge in [-0.1, -0.05) is 0 Å². The van der Waals surface area contributed by atoms with Gasteiger partial charge in [-0.05, 0) is 31.2 Å². The van der Waals surface area contributed by atoms with E-state index in [1.165, 1.54) is 29.2 Å². The molecule has 5 nitrogen and oxygen atoms in total. The first-order valence-corrected chi connectivity index (χ1v) is 5.55. The summed E-state index contributed by atoms with van der Waals surface area (Å²) in [5.41, 5.74) is 0.342. The summed E-state index contributed by atoms with van der Waals surface area (Å²) in [4.78, 5) is 24.5. The minimum absolute atomic E-state index is 0.103. The molecule has 2 N–H and O–H groups in total. The number of nitrogens with one attached hydrogen (secondary N) is 1. The molecule has 0 saturated heterocycles. The second kappa shape index (κ2) is 6.70. The van der Waals surface area contributed by atoms with Crippen molar-refractivity contribution in [3.63, 3.8) is 0 Å². The molecule has 0 bridgehead atoms. The van der Waals surface area contributed by atoms with Gasteiger partial charge in [-0.3, -0.25) is 9.59 Å². The molecule has 0 radical (unpaired) electrons. The Morgan fingerprint density at radius 1 is 1.33 bits per heavy atom. The van der Waals surface area contributed by atoms with Crippen LogP contribution in [0.1, 0.15) is 6.92 Å². The zero-order chi connectivity index (χ0) is 13.5. The molecule has 1 aromatic rings. The maximum absolute atomic E-state index is 12.7. The normalized spacial score (nSPS) is 9.94. The van der Waals surface area contributed by atoms with Crippen LogP contribution in [-0.2, 0) is 9.59 Å². The summed E-state index contributed by atoms with van der Waals surface area (Å²) in [7, 11) is 0. The molecule has 6 heteroatoms. The predicted octanol–water partition coefficient (Wildman–Crippen LogP) is 0.605. The van der Waals surface area contributed by atoms with E-state index in [-0.39, 0.29) is 13.2 Å². The molecular formula is C12H15FN2O3. The summed E-state index contributed by atoms with van der Waals surface area (Å²) in [5, 5.41) is 11.1. The Balaban J connectivity index is 2.64. The van der Waals surface area contributed by atoms with Crippen molar-refractivity contribution in [1.82, 2.24) is 4.90 Å². The summed E-state index contributed by atoms with van der Waals surface area (Å²) in [6.07, 6.45) is 0. The molecule has 0 spiro atoms. The van der Waals surface area contributed by atoms with Crippen LogP contribution in [0.15, 0.2) is 24.3 Å². The molecule has 0 atom stereocenters. The lowest BCUT2D eigenvalue weighted by Gasteiger charge is -2.18. The van der Waals surface area contributed by atoms with E-state index in [9.17, 15) is 14.0 Å². The van der Waals surface area contributed by atoms with Gasteiger partial charge in [0, 0.05) is 18.8 Å². The number of amides is 2. The molecule has 0 heterocycles. The van der Waals surface area contributed by atoms with Gasteiger partial charge in [0.25, 0.3) is 0 Å². The van der Waals surface area contributed by atoms with Gasteiger partial charge in [0.05, 0.1) is 6.61 Å². The van der Waals surface area contributed by atoms with E-state index in [1.54, 1.807) is 6.92 Å². The highest BCUT2D eigenvalue weighted by molar-refractivity contribution is 6.39. The van der Waals surface area contributed by atoms with E-state index in [4.69, 9.17) is 5.11 Å². The summed E-state index contributed by atoms with van der Waals surface area (Å²) >= 11 is 0. The van der Waals surface area contributed by atoms with Crippen LogP contribution in [-0.4, -0.2) is 41.5 Å². The minimum atomic E-state index is -0.808. The first-order valence-electron chi connectivity index (χ1n) is 5.55. The number of anilines is 1. The number of nitrogens with zero attached hydrogens (tertiary/aromatic N) is 1. The number of benzene rings is 1. The number of hydrogen-bond acceptors (Lipinski definition) is 3. The van der Waals surface area contributed by atoms with Crippen LogP contribution in [0, 0.1) is 5.82 Å². The number of likely N-dealkylation sites (N-methyl/N-ethyl adjacent to an activating group) is 1. The SMILES string of the molecule is CCN(CCO)C(=O)C(=O)Nc1ccc(F)cc1. The van der Waals surface area contributed by atoms with E-state index in [0.717, 1.165) is 0 Å². The van der Waals surface area contributed by atoms with Crippen molar-refractivity contribution in [2.75, 3.05) is 25.0 Å². The van der Waals surface area contributed by atoms with E-state index in [1.807, 2.05) is 0 Å². The molecule has 0 saturated carbocycles. The third-order valence-electron chi connectivity index (χ3n) is 2.34. The first-order chi connectivity index (χ1) is 8.58. The summed E-state index contributed by atoms with van der Waals surface area (Å²) < 4.78 is 12.7. The largest absolute Gasteiger partial charge is 0.395 e. The topological polar surface area (TPSA) is 69.6 Å². The Kier molecular flexibility index (Phi) is 5.26. The molecule has 0 aliphatic heterocycles. The Bertz CT molecular complexity index is 420. The van der Waals surface area contributed by atoms with Gasteiger partial charge in [-0.15, -0.1) is 0 Å². The quantitative estimate of drug-likeness (QED) is 0.773. The average molecular weight is 254 g/mol. The molecule has 0 aliphatic rings. The standard InChI is InChI=1S/C12H15FN2O3/c1-2-15(7-8-16)12(18)11(17)14-10-5-3-9(13)4-6-10/h3-6,16H,2,7-8H2,1H3,(H,14,17). The number of hydrogen-bond donors (Lipinski definition) is 2. The summed E-state index contributed by atoms with van der Waals surface area (Å²) in [5.74, 6) is -1.96. The van der Waals surface area contributed by atoms with Gasteiger partial charge in [0.15, 0.2) is 0 Å². The van der Waals surface area contributed by atoms with E-state index in [0.29, 0.717) is 12.2 Å². The Morgan fingerprint density at radius 2 is 1.94 bits per heavy atom. The second-order valence-corrected chi connectivity index (χ2v) is 3.57. The van der Waals surface area contributed by atoms with Crippen LogP contribution in [0.25, 0.3) is 0 Å². The second-order valence-electron chi connectivity index (χ2n) is 3.57. The van der Waals surface area contributed by atoms with Crippen molar-refractivity contribution in [3.05, 3.63) is 30.1 Å². The van der Waals surface area contributed by atoms with Crippen molar-refractivity contribution < 1.29 is 19.1 Å². The monoisotopic (exact) mass is 254 g/mol. The van der Waals surface area contributed by atoms with Crippen molar-refractivity contribution in [2.45, 2.75) is 6.92 Å². The molecular weight excluding hydrogens is 239 g/mol. The van der Waals surface area contributed by atoms with Gasteiger partial charge < -0.3 is 15.3 Å². The number of halogens is 1. The predicted molar refractivity (Wildman–Crippen MR) is 64.4 cm³/mol. The lowest BCUT2D eigenvalue weighted by Crippen LogP contribution is -2.41. The third kappa shape index (κ3) is 3.81. The molecule has 1 aromatic carbocycles. The number of aliphatic hydroxyl groups is 1. The Hall–Kier alpha value is -1.95. The van der Waals surface area contributed by atoms with Crippen molar-refractivity contribution in [3.8, 4) is 0 Å². The highest BCUT2D eigenvalue weighted by Crippen LogP contribution is 2.08. The van der Waals surface area contributed by atoms with Crippen LogP contribution in [0.4, 0.5) is 10.1 Å². The molecule has 0 unspecified atom stereocenters.